The van der Waals surface area contributed by atoms with Gasteiger partial charge in [-0.15, -0.1) is 11.3 Å². The van der Waals surface area contributed by atoms with Gasteiger partial charge < -0.3 is 14.8 Å². The van der Waals surface area contributed by atoms with Crippen LogP contribution in [0.3, 0.4) is 0 Å². The fourth-order valence-electron chi connectivity index (χ4n) is 2.17. The number of hydrogen-bond donors (Lipinski definition) is 2. The van der Waals surface area contributed by atoms with Gasteiger partial charge in [0.1, 0.15) is 5.76 Å². The van der Waals surface area contributed by atoms with Gasteiger partial charge in [-0.1, -0.05) is 6.07 Å². The molecule has 0 aromatic carbocycles. The van der Waals surface area contributed by atoms with Crippen LogP contribution >= 0.6 is 27.3 Å². The molecule has 23 heavy (non-hydrogen) atoms. The molecule has 0 radical (unpaired) electrons. The molecule has 0 aliphatic heterocycles. The lowest BCUT2D eigenvalue weighted by Gasteiger charge is -2.25. The van der Waals surface area contributed by atoms with E-state index in [-0.39, 0.29) is 12.5 Å². The number of nitrogens with one attached hydrogen (secondary N) is 1. The summed E-state index contributed by atoms with van der Waals surface area (Å²) in [4.78, 5) is 16.9. The first-order valence-corrected chi connectivity index (χ1v) is 8.46. The molecule has 0 fully saturated rings. The molecule has 1 atom stereocenters. The number of furan rings is 1. The maximum atomic E-state index is 12.3. The SMILES string of the molecule is O=C(NCC(O)(c1ccco1)c1cccs1)c1cncc(Br)c1. The van der Waals surface area contributed by atoms with Crippen molar-refractivity contribution in [2.45, 2.75) is 5.60 Å². The minimum atomic E-state index is -1.41. The molecule has 3 heterocycles. The van der Waals surface area contributed by atoms with Crippen LogP contribution in [0.15, 0.2) is 63.3 Å². The standard InChI is InChI=1S/C16H13BrN2O3S/c17-12-7-11(8-18-9-12)15(20)19-10-16(21,13-3-1-5-22-13)14-4-2-6-23-14/h1-9,21H,10H2,(H,19,20). The normalized spacial score (nSPS) is 13.5. The first-order chi connectivity index (χ1) is 11.1. The summed E-state index contributed by atoms with van der Waals surface area (Å²) in [5.41, 5.74) is -1.00. The van der Waals surface area contributed by atoms with Gasteiger partial charge in [-0.25, -0.2) is 0 Å². The zero-order chi connectivity index (χ0) is 16.3. The van der Waals surface area contributed by atoms with E-state index >= 15 is 0 Å². The van der Waals surface area contributed by atoms with Crippen LogP contribution in [0.4, 0.5) is 0 Å². The van der Waals surface area contributed by atoms with Gasteiger partial charge in [0.05, 0.1) is 18.4 Å². The van der Waals surface area contributed by atoms with E-state index < -0.39 is 5.60 Å². The minimum Gasteiger partial charge on any atom is -0.466 e. The van der Waals surface area contributed by atoms with E-state index in [1.165, 1.54) is 23.8 Å². The third-order valence-electron chi connectivity index (χ3n) is 3.33. The fraction of sp³-hybridized carbons (Fsp3) is 0.125. The topological polar surface area (TPSA) is 75.4 Å². The Balaban J connectivity index is 1.82. The molecule has 118 valence electrons. The highest BCUT2D eigenvalue weighted by Gasteiger charge is 2.36. The predicted molar refractivity (Wildman–Crippen MR) is 90.3 cm³/mol. The summed E-state index contributed by atoms with van der Waals surface area (Å²) < 4.78 is 6.08. The van der Waals surface area contributed by atoms with Crippen LogP contribution in [0.2, 0.25) is 0 Å². The van der Waals surface area contributed by atoms with Crippen LogP contribution in [0.25, 0.3) is 0 Å². The van der Waals surface area contributed by atoms with Gasteiger partial charge in [0, 0.05) is 21.7 Å². The maximum absolute atomic E-state index is 12.3. The number of hydrogen-bond acceptors (Lipinski definition) is 5. The van der Waals surface area contributed by atoms with Crippen LogP contribution in [0, 0.1) is 0 Å². The molecule has 0 bridgehead atoms. The van der Waals surface area contributed by atoms with E-state index in [0.29, 0.717) is 20.7 Å². The number of thiophene rings is 1. The largest absolute Gasteiger partial charge is 0.466 e. The van der Waals surface area contributed by atoms with E-state index in [9.17, 15) is 9.90 Å². The van der Waals surface area contributed by atoms with Crippen molar-refractivity contribution in [3.05, 3.63) is 75.0 Å². The summed E-state index contributed by atoms with van der Waals surface area (Å²) in [7, 11) is 0. The zero-order valence-electron chi connectivity index (χ0n) is 11.9. The molecular weight excluding hydrogens is 380 g/mol. The Labute approximate surface area is 145 Å². The van der Waals surface area contributed by atoms with Crippen molar-refractivity contribution in [3.8, 4) is 0 Å². The second-order valence-corrected chi connectivity index (χ2v) is 6.75. The summed E-state index contributed by atoms with van der Waals surface area (Å²) in [5.74, 6) is 0.0629. The van der Waals surface area contributed by atoms with Crippen LogP contribution in [-0.2, 0) is 5.60 Å². The van der Waals surface area contributed by atoms with Crippen LogP contribution in [0.5, 0.6) is 0 Å². The number of carbonyl (C=O) groups is 1. The lowest BCUT2D eigenvalue weighted by Crippen LogP contribution is -2.41. The summed E-state index contributed by atoms with van der Waals surface area (Å²) in [6.07, 6.45) is 4.56. The van der Waals surface area contributed by atoms with E-state index in [1.807, 2.05) is 11.4 Å². The highest BCUT2D eigenvalue weighted by molar-refractivity contribution is 9.10. The number of nitrogens with zero attached hydrogens (tertiary/aromatic N) is 1. The average molecular weight is 393 g/mol. The zero-order valence-corrected chi connectivity index (χ0v) is 14.3. The quantitative estimate of drug-likeness (QED) is 0.698. The van der Waals surface area contributed by atoms with Crippen molar-refractivity contribution in [3.63, 3.8) is 0 Å². The van der Waals surface area contributed by atoms with E-state index in [4.69, 9.17) is 4.42 Å². The summed E-state index contributed by atoms with van der Waals surface area (Å²) in [5, 5.41) is 15.7. The van der Waals surface area contributed by atoms with Crippen molar-refractivity contribution in [2.24, 2.45) is 0 Å². The third kappa shape index (κ3) is 3.36. The third-order valence-corrected chi connectivity index (χ3v) is 4.78. The molecule has 1 amide bonds. The van der Waals surface area contributed by atoms with Crippen molar-refractivity contribution in [1.82, 2.24) is 10.3 Å². The first kappa shape index (κ1) is 15.9. The number of halogens is 1. The van der Waals surface area contributed by atoms with Gasteiger partial charge in [0.15, 0.2) is 5.60 Å². The van der Waals surface area contributed by atoms with Crippen LogP contribution in [-0.4, -0.2) is 22.5 Å². The van der Waals surface area contributed by atoms with Gasteiger partial charge in [0.25, 0.3) is 5.91 Å². The van der Waals surface area contributed by atoms with Crippen molar-refractivity contribution in [2.75, 3.05) is 6.54 Å². The van der Waals surface area contributed by atoms with Crippen LogP contribution < -0.4 is 5.32 Å². The molecule has 2 N–H and O–H groups in total. The number of pyridine rings is 1. The second-order valence-electron chi connectivity index (χ2n) is 4.89. The van der Waals surface area contributed by atoms with Gasteiger partial charge in [-0.05, 0) is 45.6 Å². The Morgan fingerprint density at radius 2 is 2.26 bits per heavy atom. The minimum absolute atomic E-state index is 0.00757. The van der Waals surface area contributed by atoms with Crippen LogP contribution in [0.1, 0.15) is 21.0 Å². The number of rotatable bonds is 5. The Morgan fingerprint density at radius 3 is 2.91 bits per heavy atom. The van der Waals surface area contributed by atoms with Crippen molar-refractivity contribution in [1.29, 1.82) is 0 Å². The number of aliphatic hydroxyl groups is 1. The second kappa shape index (κ2) is 6.66. The van der Waals surface area contributed by atoms with Gasteiger partial charge in [0.2, 0.25) is 0 Å². The summed E-state index contributed by atoms with van der Waals surface area (Å²) in [6, 6.07) is 8.70. The van der Waals surface area contributed by atoms with E-state index in [1.54, 1.807) is 30.5 Å². The first-order valence-electron chi connectivity index (χ1n) is 6.79. The molecule has 7 heteroatoms. The molecule has 3 rings (SSSR count). The smallest absolute Gasteiger partial charge is 0.253 e. The van der Waals surface area contributed by atoms with E-state index in [2.05, 4.69) is 26.2 Å². The Kier molecular flexibility index (Phi) is 4.61. The van der Waals surface area contributed by atoms with Crippen molar-refractivity contribution >= 4 is 33.2 Å². The molecule has 0 aliphatic carbocycles. The lowest BCUT2D eigenvalue weighted by atomic mass is 9.98. The molecule has 0 saturated heterocycles. The monoisotopic (exact) mass is 392 g/mol. The molecule has 1 unspecified atom stereocenters. The van der Waals surface area contributed by atoms with E-state index in [0.717, 1.165) is 0 Å². The molecule has 0 spiro atoms. The fourth-order valence-corrected chi connectivity index (χ4v) is 3.36. The Morgan fingerprint density at radius 1 is 1.39 bits per heavy atom. The number of aromatic nitrogens is 1. The lowest BCUT2D eigenvalue weighted by molar-refractivity contribution is 0.0554. The highest BCUT2D eigenvalue weighted by Crippen LogP contribution is 2.32. The van der Waals surface area contributed by atoms with Gasteiger partial charge in [-0.3, -0.25) is 9.78 Å². The number of carbonyl (C=O) groups excluding carboxylic acids is 1. The molecule has 0 aliphatic rings. The van der Waals surface area contributed by atoms with Crippen molar-refractivity contribution < 1.29 is 14.3 Å². The Bertz CT molecular complexity index is 753. The molecule has 3 aromatic heterocycles. The van der Waals surface area contributed by atoms with Gasteiger partial charge >= 0.3 is 0 Å². The number of amides is 1. The average Bonchev–Trinajstić information content (AvgIpc) is 3.25. The maximum Gasteiger partial charge on any atom is 0.253 e. The summed E-state index contributed by atoms with van der Waals surface area (Å²) >= 11 is 4.68. The Hall–Kier alpha value is -1.96. The molecule has 5 nitrogen and oxygen atoms in total. The molecule has 3 aromatic rings. The van der Waals surface area contributed by atoms with Gasteiger partial charge in [-0.2, -0.15) is 0 Å². The predicted octanol–water partition coefficient (Wildman–Crippen LogP) is 3.16. The molecule has 0 saturated carbocycles. The highest BCUT2D eigenvalue weighted by atomic mass is 79.9. The molecular formula is C16H13BrN2O3S. The summed E-state index contributed by atoms with van der Waals surface area (Å²) in [6.45, 7) is -0.00757.